The zero-order valence-electron chi connectivity index (χ0n) is 13.8. The number of rotatable bonds is 5. The van der Waals surface area contributed by atoms with Crippen LogP contribution in [0.25, 0.3) is 0 Å². The first-order chi connectivity index (χ1) is 11.3. The van der Waals surface area contributed by atoms with Crippen LogP contribution in [0.15, 0.2) is 36.4 Å². The SMILES string of the molecule is CNc1cc(C)nc([C@@H]2COCCN2CCc2ccccc2)n1. The van der Waals surface area contributed by atoms with Gasteiger partial charge in [0.15, 0.2) is 0 Å². The summed E-state index contributed by atoms with van der Waals surface area (Å²) in [4.78, 5) is 11.7. The summed E-state index contributed by atoms with van der Waals surface area (Å²) < 4.78 is 5.69. The van der Waals surface area contributed by atoms with Gasteiger partial charge in [-0.1, -0.05) is 30.3 Å². The third-order valence-electron chi connectivity index (χ3n) is 4.20. The van der Waals surface area contributed by atoms with Crippen LogP contribution >= 0.6 is 0 Å². The summed E-state index contributed by atoms with van der Waals surface area (Å²) in [5, 5.41) is 3.11. The first-order valence-corrected chi connectivity index (χ1v) is 8.15. The lowest BCUT2D eigenvalue weighted by atomic mass is 10.1. The molecule has 1 aliphatic heterocycles. The Morgan fingerprint density at radius 3 is 2.87 bits per heavy atom. The lowest BCUT2D eigenvalue weighted by Crippen LogP contribution is -2.41. The first kappa shape index (κ1) is 15.9. The lowest BCUT2D eigenvalue weighted by Gasteiger charge is -2.34. The van der Waals surface area contributed by atoms with Gasteiger partial charge in [-0.15, -0.1) is 0 Å². The highest BCUT2D eigenvalue weighted by Crippen LogP contribution is 2.23. The molecule has 0 aliphatic carbocycles. The van der Waals surface area contributed by atoms with E-state index in [1.54, 1.807) is 0 Å². The first-order valence-electron chi connectivity index (χ1n) is 8.15. The maximum atomic E-state index is 5.69. The van der Waals surface area contributed by atoms with Gasteiger partial charge in [0.25, 0.3) is 0 Å². The van der Waals surface area contributed by atoms with E-state index in [2.05, 4.69) is 50.5 Å². The molecule has 0 unspecified atom stereocenters. The molecule has 1 saturated heterocycles. The molecule has 1 atom stereocenters. The van der Waals surface area contributed by atoms with Crippen LogP contribution < -0.4 is 5.32 Å². The van der Waals surface area contributed by atoms with E-state index < -0.39 is 0 Å². The van der Waals surface area contributed by atoms with Crippen molar-refractivity contribution in [2.75, 3.05) is 38.7 Å². The summed E-state index contributed by atoms with van der Waals surface area (Å²) in [6, 6.07) is 12.7. The van der Waals surface area contributed by atoms with Crippen molar-refractivity contribution < 1.29 is 4.74 Å². The predicted octanol–water partition coefficient (Wildman–Crippen LogP) is 2.44. The Labute approximate surface area is 137 Å². The van der Waals surface area contributed by atoms with E-state index in [-0.39, 0.29) is 6.04 Å². The summed E-state index contributed by atoms with van der Waals surface area (Å²) in [5.74, 6) is 1.71. The summed E-state index contributed by atoms with van der Waals surface area (Å²) in [5.41, 5.74) is 2.34. The van der Waals surface area contributed by atoms with Crippen molar-refractivity contribution in [3.63, 3.8) is 0 Å². The molecule has 5 nitrogen and oxygen atoms in total. The Bertz CT molecular complexity index is 632. The average Bonchev–Trinajstić information content (AvgIpc) is 2.60. The molecular formula is C18H24N4O. The number of benzene rings is 1. The summed E-state index contributed by atoms with van der Waals surface area (Å²) in [6.45, 7) is 5.34. The molecule has 2 aromatic rings. The van der Waals surface area contributed by atoms with Gasteiger partial charge in [-0.25, -0.2) is 9.97 Å². The molecule has 1 aromatic heterocycles. The molecule has 0 amide bonds. The largest absolute Gasteiger partial charge is 0.378 e. The topological polar surface area (TPSA) is 50.3 Å². The van der Waals surface area contributed by atoms with Crippen LogP contribution in [0, 0.1) is 6.92 Å². The third kappa shape index (κ3) is 4.06. The molecule has 5 heteroatoms. The van der Waals surface area contributed by atoms with Crippen molar-refractivity contribution in [1.29, 1.82) is 0 Å². The number of hydrogen-bond acceptors (Lipinski definition) is 5. The van der Waals surface area contributed by atoms with Crippen LogP contribution in [0.2, 0.25) is 0 Å². The Balaban J connectivity index is 1.74. The number of aryl methyl sites for hydroxylation is 1. The molecule has 0 bridgehead atoms. The standard InChI is InChI=1S/C18H24N4O/c1-14-12-17(19-2)21-18(20-14)16-13-23-11-10-22(16)9-8-15-6-4-3-5-7-15/h3-7,12,16H,8-11,13H2,1-2H3,(H,19,20,21)/t16-/m0/s1. The number of nitrogens with one attached hydrogen (secondary N) is 1. The highest BCUT2D eigenvalue weighted by molar-refractivity contribution is 5.35. The zero-order valence-corrected chi connectivity index (χ0v) is 13.8. The monoisotopic (exact) mass is 312 g/mol. The molecule has 23 heavy (non-hydrogen) atoms. The highest BCUT2D eigenvalue weighted by Gasteiger charge is 2.27. The van der Waals surface area contributed by atoms with Crippen LogP contribution in [0.1, 0.15) is 23.1 Å². The molecule has 1 fully saturated rings. The van der Waals surface area contributed by atoms with Crippen molar-refractivity contribution >= 4 is 5.82 Å². The van der Waals surface area contributed by atoms with Gasteiger partial charge in [0.2, 0.25) is 0 Å². The third-order valence-corrected chi connectivity index (χ3v) is 4.20. The van der Waals surface area contributed by atoms with Crippen LogP contribution in [0.5, 0.6) is 0 Å². The molecule has 1 aliphatic rings. The van der Waals surface area contributed by atoms with Crippen molar-refractivity contribution in [1.82, 2.24) is 14.9 Å². The summed E-state index contributed by atoms with van der Waals surface area (Å²) in [7, 11) is 1.89. The number of hydrogen-bond donors (Lipinski definition) is 1. The normalized spacial score (nSPS) is 18.8. The van der Waals surface area contributed by atoms with Gasteiger partial charge in [-0.2, -0.15) is 0 Å². The molecule has 3 rings (SSSR count). The van der Waals surface area contributed by atoms with E-state index in [1.807, 2.05) is 20.0 Å². The van der Waals surface area contributed by atoms with Crippen LogP contribution in [0.3, 0.4) is 0 Å². The minimum Gasteiger partial charge on any atom is -0.378 e. The van der Waals surface area contributed by atoms with Gasteiger partial charge in [0.05, 0.1) is 19.3 Å². The van der Waals surface area contributed by atoms with E-state index in [9.17, 15) is 0 Å². The van der Waals surface area contributed by atoms with E-state index in [4.69, 9.17) is 4.74 Å². The second-order valence-corrected chi connectivity index (χ2v) is 5.87. The van der Waals surface area contributed by atoms with Crippen molar-refractivity contribution in [2.45, 2.75) is 19.4 Å². The second-order valence-electron chi connectivity index (χ2n) is 5.87. The summed E-state index contributed by atoms with van der Waals surface area (Å²) in [6.07, 6.45) is 1.03. The fourth-order valence-corrected chi connectivity index (χ4v) is 2.93. The van der Waals surface area contributed by atoms with Crippen molar-refractivity contribution in [3.8, 4) is 0 Å². The van der Waals surface area contributed by atoms with Gasteiger partial charge in [0, 0.05) is 31.9 Å². The minimum absolute atomic E-state index is 0.125. The minimum atomic E-state index is 0.125. The molecule has 122 valence electrons. The number of ether oxygens (including phenoxy) is 1. The van der Waals surface area contributed by atoms with Crippen molar-refractivity contribution in [3.05, 3.63) is 53.5 Å². The van der Waals surface area contributed by atoms with Gasteiger partial charge < -0.3 is 10.1 Å². The number of nitrogens with zero attached hydrogens (tertiary/aromatic N) is 3. The Kier molecular flexibility index (Phi) is 5.20. The summed E-state index contributed by atoms with van der Waals surface area (Å²) >= 11 is 0. The molecule has 2 heterocycles. The average molecular weight is 312 g/mol. The Morgan fingerprint density at radius 2 is 2.09 bits per heavy atom. The molecule has 0 saturated carbocycles. The quantitative estimate of drug-likeness (QED) is 0.919. The Morgan fingerprint density at radius 1 is 1.26 bits per heavy atom. The van der Waals surface area contributed by atoms with Crippen LogP contribution in [-0.4, -0.2) is 48.2 Å². The maximum absolute atomic E-state index is 5.69. The fraction of sp³-hybridized carbons (Fsp3) is 0.444. The number of anilines is 1. The Hall–Kier alpha value is -1.98. The van der Waals surface area contributed by atoms with Gasteiger partial charge in [0.1, 0.15) is 11.6 Å². The zero-order chi connectivity index (χ0) is 16.1. The van der Waals surface area contributed by atoms with E-state index in [0.29, 0.717) is 6.61 Å². The smallest absolute Gasteiger partial charge is 0.150 e. The van der Waals surface area contributed by atoms with Crippen LogP contribution in [0.4, 0.5) is 5.82 Å². The van der Waals surface area contributed by atoms with Crippen LogP contribution in [-0.2, 0) is 11.2 Å². The fourth-order valence-electron chi connectivity index (χ4n) is 2.93. The number of aromatic nitrogens is 2. The molecular weight excluding hydrogens is 288 g/mol. The molecule has 1 N–H and O–H groups in total. The van der Waals surface area contributed by atoms with E-state index in [0.717, 1.165) is 43.5 Å². The molecule has 0 spiro atoms. The van der Waals surface area contributed by atoms with Crippen molar-refractivity contribution in [2.24, 2.45) is 0 Å². The van der Waals surface area contributed by atoms with Gasteiger partial charge >= 0.3 is 0 Å². The number of morpholine rings is 1. The van der Waals surface area contributed by atoms with E-state index in [1.165, 1.54) is 5.56 Å². The maximum Gasteiger partial charge on any atom is 0.150 e. The predicted molar refractivity (Wildman–Crippen MR) is 91.6 cm³/mol. The molecule has 0 radical (unpaired) electrons. The van der Waals surface area contributed by atoms with Gasteiger partial charge in [-0.05, 0) is 18.9 Å². The lowest BCUT2D eigenvalue weighted by molar-refractivity contribution is -0.0111. The second kappa shape index (κ2) is 7.53. The highest BCUT2D eigenvalue weighted by atomic mass is 16.5. The van der Waals surface area contributed by atoms with Gasteiger partial charge in [-0.3, -0.25) is 4.90 Å². The molecule has 1 aromatic carbocycles. The van der Waals surface area contributed by atoms with E-state index >= 15 is 0 Å².